The first-order valence-corrected chi connectivity index (χ1v) is 9.84. The van der Waals surface area contributed by atoms with E-state index in [-0.39, 0.29) is 41.2 Å². The third-order valence-corrected chi connectivity index (χ3v) is 6.48. The molecule has 8 heteroatoms. The molecule has 156 valence electrons. The van der Waals surface area contributed by atoms with E-state index in [0.29, 0.717) is 38.5 Å². The topological polar surface area (TPSA) is 72.8 Å². The van der Waals surface area contributed by atoms with Crippen molar-refractivity contribution in [1.29, 1.82) is 0 Å². The maximum atomic E-state index is 13.3. The number of ether oxygens (including phenoxy) is 2. The normalized spacial score (nSPS) is 27.5. The molecular formula is C20H30ClN3O4. The minimum absolute atomic E-state index is 0. The number of hydrogen-bond acceptors (Lipinski definition) is 5. The minimum atomic E-state index is -0.152. The zero-order chi connectivity index (χ0) is 19.0. The van der Waals surface area contributed by atoms with Gasteiger partial charge in [0.05, 0.1) is 19.8 Å². The van der Waals surface area contributed by atoms with Gasteiger partial charge in [-0.15, -0.1) is 12.4 Å². The second kappa shape index (κ2) is 8.53. The Morgan fingerprint density at radius 1 is 1.39 bits per heavy atom. The molecule has 0 spiro atoms. The van der Waals surface area contributed by atoms with E-state index in [1.165, 1.54) is 0 Å². The molecule has 7 nitrogen and oxygen atoms in total. The molecule has 0 saturated carbocycles. The van der Waals surface area contributed by atoms with Crippen molar-refractivity contribution < 1.29 is 14.3 Å². The predicted molar refractivity (Wildman–Crippen MR) is 108 cm³/mol. The van der Waals surface area contributed by atoms with Gasteiger partial charge in [-0.05, 0) is 44.5 Å². The number of fused-ring (bicyclic) bond motifs is 1. The second-order valence-corrected chi connectivity index (χ2v) is 8.26. The van der Waals surface area contributed by atoms with E-state index in [4.69, 9.17) is 9.47 Å². The van der Waals surface area contributed by atoms with Gasteiger partial charge in [0.25, 0.3) is 11.5 Å². The molecule has 28 heavy (non-hydrogen) atoms. The Morgan fingerprint density at radius 3 is 2.86 bits per heavy atom. The summed E-state index contributed by atoms with van der Waals surface area (Å²) in [5.41, 5.74) is 0.788. The van der Waals surface area contributed by atoms with Crippen LogP contribution in [0.4, 0.5) is 0 Å². The minimum Gasteiger partial charge on any atom is -0.384 e. The summed E-state index contributed by atoms with van der Waals surface area (Å²) in [6, 6.07) is 2.07. The first kappa shape index (κ1) is 21.3. The molecular weight excluding hydrogens is 382 g/mol. The molecule has 3 saturated heterocycles. The number of carbonyl (C=O) groups excluding carboxylic acids is 1. The fraction of sp³-hybridized carbons (Fsp3) is 0.700. The van der Waals surface area contributed by atoms with Gasteiger partial charge in [0.15, 0.2) is 0 Å². The summed E-state index contributed by atoms with van der Waals surface area (Å²) in [7, 11) is 1.69. The van der Waals surface area contributed by atoms with E-state index < -0.39 is 0 Å². The molecule has 4 heterocycles. The summed E-state index contributed by atoms with van der Waals surface area (Å²) in [6.45, 7) is 6.72. The lowest BCUT2D eigenvalue weighted by molar-refractivity contribution is 0.0488. The van der Waals surface area contributed by atoms with Crippen molar-refractivity contribution in [1.82, 2.24) is 14.8 Å². The summed E-state index contributed by atoms with van der Waals surface area (Å²) in [4.78, 5) is 28.3. The number of aryl methyl sites for hydroxylation is 1. The van der Waals surface area contributed by atoms with E-state index >= 15 is 0 Å². The number of halogens is 1. The van der Waals surface area contributed by atoms with Gasteiger partial charge in [-0.2, -0.15) is 0 Å². The predicted octanol–water partition coefficient (Wildman–Crippen LogP) is 1.24. The molecule has 0 aromatic carbocycles. The number of likely N-dealkylation sites (tertiary alicyclic amines) is 1. The molecule has 3 aliphatic heterocycles. The molecule has 0 aliphatic carbocycles. The van der Waals surface area contributed by atoms with Crippen molar-refractivity contribution in [3.05, 3.63) is 33.7 Å². The third-order valence-electron chi connectivity index (χ3n) is 6.48. The first-order valence-electron chi connectivity index (χ1n) is 9.84. The number of amides is 1. The summed E-state index contributed by atoms with van der Waals surface area (Å²) >= 11 is 0. The van der Waals surface area contributed by atoms with Crippen LogP contribution in [0.15, 0.2) is 17.1 Å². The fourth-order valence-corrected chi connectivity index (χ4v) is 4.91. The molecule has 1 aromatic heterocycles. The van der Waals surface area contributed by atoms with Gasteiger partial charge >= 0.3 is 0 Å². The smallest absolute Gasteiger partial charge is 0.263 e. The molecule has 1 N–H and O–H groups in total. The van der Waals surface area contributed by atoms with Crippen molar-refractivity contribution in [3.8, 4) is 0 Å². The van der Waals surface area contributed by atoms with Crippen molar-refractivity contribution >= 4 is 18.3 Å². The molecule has 2 atom stereocenters. The highest BCUT2D eigenvalue weighted by Crippen LogP contribution is 2.41. The highest BCUT2D eigenvalue weighted by Gasteiger charge is 2.52. The van der Waals surface area contributed by atoms with Gasteiger partial charge in [0.2, 0.25) is 0 Å². The molecule has 3 fully saturated rings. The Hall–Kier alpha value is -1.41. The molecule has 3 aliphatic rings. The number of aromatic nitrogens is 1. The van der Waals surface area contributed by atoms with Crippen molar-refractivity contribution in [2.75, 3.05) is 53.1 Å². The lowest BCUT2D eigenvalue weighted by atomic mass is 9.82. The molecule has 4 rings (SSSR count). The third kappa shape index (κ3) is 3.61. The van der Waals surface area contributed by atoms with Gasteiger partial charge in [-0.3, -0.25) is 9.59 Å². The van der Waals surface area contributed by atoms with Crippen molar-refractivity contribution in [3.63, 3.8) is 0 Å². The number of hydrogen-bond donors (Lipinski definition) is 1. The zero-order valence-electron chi connectivity index (χ0n) is 16.6. The van der Waals surface area contributed by atoms with Crippen LogP contribution in [0, 0.1) is 18.3 Å². The zero-order valence-corrected chi connectivity index (χ0v) is 17.4. The van der Waals surface area contributed by atoms with Gasteiger partial charge < -0.3 is 24.3 Å². The summed E-state index contributed by atoms with van der Waals surface area (Å²) in [5.74, 6) is 0.128. The van der Waals surface area contributed by atoms with Gasteiger partial charge in [0.1, 0.15) is 5.56 Å². The number of nitrogens with one attached hydrogen (secondary N) is 1. The first-order chi connectivity index (χ1) is 13.1. The standard InChI is InChI=1S/C20H29N3O4.ClH/c1-14-5-8-23(16-3-6-21-7-4-16)19(25)17(14)18(24)22-9-15-10-27-13-20(15,11-22)12-26-2;/h5,8,15-16,21H,3-4,6-7,9-13H2,1-2H3;1H/t15-,20-;/m0./s1. The van der Waals surface area contributed by atoms with Crippen molar-refractivity contribution in [2.24, 2.45) is 11.3 Å². The largest absolute Gasteiger partial charge is 0.384 e. The van der Waals surface area contributed by atoms with E-state index in [9.17, 15) is 9.59 Å². The number of methoxy groups -OCH3 is 1. The van der Waals surface area contributed by atoms with Crippen LogP contribution in [-0.2, 0) is 9.47 Å². The lowest BCUT2D eigenvalue weighted by Crippen LogP contribution is -2.41. The van der Waals surface area contributed by atoms with E-state index in [1.807, 2.05) is 24.1 Å². The van der Waals surface area contributed by atoms with Crippen LogP contribution in [0.25, 0.3) is 0 Å². The number of piperidine rings is 1. The highest BCUT2D eigenvalue weighted by molar-refractivity contribution is 5.95. The second-order valence-electron chi connectivity index (χ2n) is 8.26. The maximum Gasteiger partial charge on any atom is 0.263 e. The van der Waals surface area contributed by atoms with Crippen LogP contribution in [0.2, 0.25) is 0 Å². The average molecular weight is 412 g/mol. The lowest BCUT2D eigenvalue weighted by Gasteiger charge is -2.27. The fourth-order valence-electron chi connectivity index (χ4n) is 4.91. The monoisotopic (exact) mass is 411 g/mol. The Balaban J connectivity index is 0.00000225. The molecule has 0 radical (unpaired) electrons. The number of rotatable bonds is 4. The maximum absolute atomic E-state index is 13.3. The Labute approximate surface area is 171 Å². The Bertz CT molecular complexity index is 777. The van der Waals surface area contributed by atoms with Crippen LogP contribution >= 0.6 is 12.4 Å². The number of carbonyl (C=O) groups is 1. The van der Waals surface area contributed by atoms with Gasteiger partial charge in [-0.1, -0.05) is 0 Å². The molecule has 0 unspecified atom stereocenters. The Kier molecular flexibility index (Phi) is 6.49. The van der Waals surface area contributed by atoms with Gasteiger partial charge in [0, 0.05) is 43.8 Å². The van der Waals surface area contributed by atoms with Crippen LogP contribution in [0.1, 0.15) is 34.8 Å². The van der Waals surface area contributed by atoms with Crippen LogP contribution in [-0.4, -0.2) is 68.5 Å². The quantitative estimate of drug-likeness (QED) is 0.807. The van der Waals surface area contributed by atoms with Gasteiger partial charge in [-0.25, -0.2) is 0 Å². The van der Waals surface area contributed by atoms with Crippen LogP contribution < -0.4 is 10.9 Å². The highest BCUT2D eigenvalue weighted by atomic mass is 35.5. The molecule has 0 bridgehead atoms. The van der Waals surface area contributed by atoms with Crippen molar-refractivity contribution in [2.45, 2.75) is 25.8 Å². The van der Waals surface area contributed by atoms with E-state index in [2.05, 4.69) is 5.32 Å². The number of pyridine rings is 1. The number of nitrogens with zero attached hydrogens (tertiary/aromatic N) is 2. The van der Waals surface area contributed by atoms with E-state index in [0.717, 1.165) is 31.5 Å². The molecule has 1 aromatic rings. The summed E-state index contributed by atoms with van der Waals surface area (Å²) < 4.78 is 12.8. The van der Waals surface area contributed by atoms with Crippen LogP contribution in [0.5, 0.6) is 0 Å². The van der Waals surface area contributed by atoms with Crippen LogP contribution in [0.3, 0.4) is 0 Å². The SMILES string of the molecule is COC[C@@]12COC[C@@H]1CN(C(=O)c1c(C)ccn(C3CCNCC3)c1=O)C2.Cl. The molecule has 1 amide bonds. The average Bonchev–Trinajstić information content (AvgIpc) is 3.20. The summed E-state index contributed by atoms with van der Waals surface area (Å²) in [6.07, 6.45) is 3.68. The summed E-state index contributed by atoms with van der Waals surface area (Å²) in [5, 5.41) is 3.32. The Morgan fingerprint density at radius 2 is 2.14 bits per heavy atom. The van der Waals surface area contributed by atoms with E-state index in [1.54, 1.807) is 11.7 Å².